The average Bonchev–Trinajstić information content (AvgIpc) is 2.98. The number of thiophene rings is 1. The minimum atomic E-state index is -0.218. The number of fused-ring (bicyclic) bond motifs is 1. The summed E-state index contributed by atoms with van der Waals surface area (Å²) in [6, 6.07) is 7.02. The molecule has 2 amide bonds. The highest BCUT2D eigenvalue weighted by atomic mass is 32.1. The molecule has 0 aliphatic heterocycles. The van der Waals surface area contributed by atoms with Crippen molar-refractivity contribution in [2.45, 2.75) is 33.1 Å². The monoisotopic (exact) mass is 372 g/mol. The Hall–Kier alpha value is -2.34. The first-order valence-corrected chi connectivity index (χ1v) is 9.76. The van der Waals surface area contributed by atoms with Crippen LogP contribution in [0.15, 0.2) is 24.3 Å². The molecule has 0 unspecified atom stereocenters. The summed E-state index contributed by atoms with van der Waals surface area (Å²) in [6.07, 6.45) is 2.91. The zero-order valence-corrected chi connectivity index (χ0v) is 16.2. The molecule has 2 N–H and O–H groups in total. The van der Waals surface area contributed by atoms with Gasteiger partial charge < -0.3 is 15.4 Å². The van der Waals surface area contributed by atoms with Gasteiger partial charge in [-0.25, -0.2) is 0 Å². The van der Waals surface area contributed by atoms with Crippen LogP contribution >= 0.6 is 11.3 Å². The summed E-state index contributed by atoms with van der Waals surface area (Å²) < 4.78 is 5.41. The molecule has 138 valence electrons. The van der Waals surface area contributed by atoms with Crippen LogP contribution in [0.3, 0.4) is 0 Å². The molecule has 6 heteroatoms. The van der Waals surface area contributed by atoms with Crippen LogP contribution < -0.4 is 15.4 Å². The maximum atomic E-state index is 12.6. The number of rotatable bonds is 5. The summed E-state index contributed by atoms with van der Waals surface area (Å²) >= 11 is 1.53. The van der Waals surface area contributed by atoms with Gasteiger partial charge in [0.05, 0.1) is 12.2 Å². The Bertz CT molecular complexity index is 811. The second-order valence-electron chi connectivity index (χ2n) is 6.55. The van der Waals surface area contributed by atoms with E-state index < -0.39 is 0 Å². The van der Waals surface area contributed by atoms with Crippen molar-refractivity contribution in [1.82, 2.24) is 5.32 Å². The SMILES string of the molecule is CCOc1ccc(C(=O)Nc2sc3c(c2C(=O)NC)CC[C@@H](C)C3)cc1. The molecule has 1 aliphatic carbocycles. The van der Waals surface area contributed by atoms with E-state index in [1.807, 2.05) is 6.92 Å². The summed E-state index contributed by atoms with van der Waals surface area (Å²) in [5.74, 6) is 0.980. The Morgan fingerprint density at radius 1 is 1.23 bits per heavy atom. The third-order valence-corrected chi connectivity index (χ3v) is 5.79. The van der Waals surface area contributed by atoms with Gasteiger partial charge in [-0.05, 0) is 61.9 Å². The first kappa shape index (κ1) is 18.5. The Morgan fingerprint density at radius 3 is 2.62 bits per heavy atom. The third kappa shape index (κ3) is 3.75. The fourth-order valence-electron chi connectivity index (χ4n) is 3.25. The van der Waals surface area contributed by atoms with Gasteiger partial charge in [-0.3, -0.25) is 9.59 Å². The molecular weight excluding hydrogens is 348 g/mol. The van der Waals surface area contributed by atoms with Crippen LogP contribution in [0.1, 0.15) is 51.4 Å². The second-order valence-corrected chi connectivity index (χ2v) is 7.65. The standard InChI is InChI=1S/C20H24N2O3S/c1-4-25-14-8-6-13(7-9-14)18(23)22-20-17(19(24)21-3)15-10-5-12(2)11-16(15)26-20/h6-9,12H,4-5,10-11H2,1-3H3,(H,21,24)(H,22,23)/t12-/m1/s1. The van der Waals surface area contributed by atoms with Crippen molar-refractivity contribution in [2.24, 2.45) is 5.92 Å². The lowest BCUT2D eigenvalue weighted by molar-refractivity contribution is 0.0963. The largest absolute Gasteiger partial charge is 0.494 e. The van der Waals surface area contributed by atoms with Crippen LogP contribution in [0.5, 0.6) is 5.75 Å². The molecule has 1 aromatic heterocycles. The van der Waals surface area contributed by atoms with Crippen LogP contribution in [0, 0.1) is 5.92 Å². The molecule has 5 nitrogen and oxygen atoms in total. The van der Waals surface area contributed by atoms with Crippen LogP contribution in [0.2, 0.25) is 0 Å². The lowest BCUT2D eigenvalue weighted by Crippen LogP contribution is -2.22. The molecule has 0 spiro atoms. The van der Waals surface area contributed by atoms with E-state index in [2.05, 4.69) is 17.6 Å². The minimum absolute atomic E-state index is 0.140. The summed E-state index contributed by atoms with van der Waals surface area (Å²) in [4.78, 5) is 26.3. The zero-order valence-electron chi connectivity index (χ0n) is 15.3. The Balaban J connectivity index is 1.86. The van der Waals surface area contributed by atoms with Crippen LogP contribution in [-0.2, 0) is 12.8 Å². The normalized spacial score (nSPS) is 15.9. The molecule has 26 heavy (non-hydrogen) atoms. The lowest BCUT2D eigenvalue weighted by atomic mass is 9.88. The van der Waals surface area contributed by atoms with Crippen molar-refractivity contribution < 1.29 is 14.3 Å². The fourth-order valence-corrected chi connectivity index (χ4v) is 4.65. The van der Waals surface area contributed by atoms with Crippen LogP contribution in [0.25, 0.3) is 0 Å². The molecule has 3 rings (SSSR count). The van der Waals surface area contributed by atoms with Gasteiger partial charge in [0.15, 0.2) is 0 Å². The molecule has 1 heterocycles. The van der Waals surface area contributed by atoms with Crippen molar-refractivity contribution in [3.63, 3.8) is 0 Å². The Morgan fingerprint density at radius 2 is 1.96 bits per heavy atom. The summed E-state index contributed by atoms with van der Waals surface area (Å²) in [7, 11) is 1.62. The highest BCUT2D eigenvalue weighted by Gasteiger charge is 2.28. The number of nitrogens with one attached hydrogen (secondary N) is 2. The molecule has 0 saturated heterocycles. The second kappa shape index (κ2) is 7.91. The molecule has 0 radical (unpaired) electrons. The molecule has 0 fully saturated rings. The van der Waals surface area contributed by atoms with Crippen molar-refractivity contribution in [2.75, 3.05) is 19.0 Å². The maximum Gasteiger partial charge on any atom is 0.256 e. The maximum absolute atomic E-state index is 12.6. The molecule has 1 aromatic carbocycles. The highest BCUT2D eigenvalue weighted by Crippen LogP contribution is 2.39. The van der Waals surface area contributed by atoms with E-state index in [-0.39, 0.29) is 11.8 Å². The number of anilines is 1. The zero-order chi connectivity index (χ0) is 18.7. The van der Waals surface area contributed by atoms with Gasteiger partial charge in [0.2, 0.25) is 0 Å². The number of hydrogen-bond donors (Lipinski definition) is 2. The number of ether oxygens (including phenoxy) is 1. The van der Waals surface area contributed by atoms with Crippen LogP contribution in [-0.4, -0.2) is 25.5 Å². The quantitative estimate of drug-likeness (QED) is 0.837. The molecule has 0 saturated carbocycles. The first-order valence-electron chi connectivity index (χ1n) is 8.94. The Kier molecular flexibility index (Phi) is 5.61. The topological polar surface area (TPSA) is 67.4 Å². The molecule has 2 aromatic rings. The molecular formula is C20H24N2O3S. The van der Waals surface area contributed by atoms with Gasteiger partial charge in [-0.15, -0.1) is 11.3 Å². The van der Waals surface area contributed by atoms with Crippen molar-refractivity contribution in [1.29, 1.82) is 0 Å². The number of carbonyl (C=O) groups is 2. The summed E-state index contributed by atoms with van der Waals surface area (Å²) in [6.45, 7) is 4.72. The average molecular weight is 372 g/mol. The predicted molar refractivity (Wildman–Crippen MR) is 104 cm³/mol. The van der Waals surface area contributed by atoms with Gasteiger partial charge in [0.25, 0.3) is 11.8 Å². The number of amides is 2. The van der Waals surface area contributed by atoms with Crippen molar-refractivity contribution in [3.8, 4) is 5.75 Å². The van der Waals surface area contributed by atoms with Crippen molar-refractivity contribution >= 4 is 28.2 Å². The Labute approximate surface area is 157 Å². The highest BCUT2D eigenvalue weighted by molar-refractivity contribution is 7.17. The van der Waals surface area contributed by atoms with Gasteiger partial charge >= 0.3 is 0 Å². The van der Waals surface area contributed by atoms with E-state index in [4.69, 9.17) is 4.74 Å². The number of carbonyl (C=O) groups excluding carboxylic acids is 2. The van der Waals surface area contributed by atoms with Crippen molar-refractivity contribution in [3.05, 3.63) is 45.8 Å². The van der Waals surface area contributed by atoms with E-state index in [0.29, 0.717) is 28.7 Å². The van der Waals surface area contributed by atoms with Crippen LogP contribution in [0.4, 0.5) is 5.00 Å². The van der Waals surface area contributed by atoms with E-state index in [9.17, 15) is 9.59 Å². The first-order chi connectivity index (χ1) is 12.5. The number of benzene rings is 1. The minimum Gasteiger partial charge on any atom is -0.494 e. The fraction of sp³-hybridized carbons (Fsp3) is 0.400. The van der Waals surface area contributed by atoms with Gasteiger partial charge in [0, 0.05) is 17.5 Å². The van der Waals surface area contributed by atoms with E-state index in [0.717, 1.165) is 30.6 Å². The van der Waals surface area contributed by atoms with E-state index in [1.54, 1.807) is 31.3 Å². The van der Waals surface area contributed by atoms with E-state index in [1.165, 1.54) is 16.2 Å². The van der Waals surface area contributed by atoms with Gasteiger partial charge in [-0.1, -0.05) is 6.92 Å². The molecule has 1 aliphatic rings. The summed E-state index contributed by atoms with van der Waals surface area (Å²) in [5, 5.41) is 6.29. The molecule has 0 bridgehead atoms. The molecule has 1 atom stereocenters. The van der Waals surface area contributed by atoms with E-state index >= 15 is 0 Å². The number of hydrogen-bond acceptors (Lipinski definition) is 4. The lowest BCUT2D eigenvalue weighted by Gasteiger charge is -2.18. The van der Waals surface area contributed by atoms with Gasteiger partial charge in [0.1, 0.15) is 10.8 Å². The third-order valence-electron chi connectivity index (χ3n) is 4.62. The summed E-state index contributed by atoms with van der Waals surface area (Å²) in [5.41, 5.74) is 2.25. The smallest absolute Gasteiger partial charge is 0.256 e. The van der Waals surface area contributed by atoms with Gasteiger partial charge in [-0.2, -0.15) is 0 Å². The predicted octanol–water partition coefficient (Wildman–Crippen LogP) is 3.88.